The summed E-state index contributed by atoms with van der Waals surface area (Å²) in [7, 11) is 1.21. The first kappa shape index (κ1) is 17.7. The number of benzene rings is 2. The van der Waals surface area contributed by atoms with E-state index in [1.807, 2.05) is 12.1 Å². The number of esters is 1. The van der Waals surface area contributed by atoms with Crippen molar-refractivity contribution in [3.8, 4) is 0 Å². The summed E-state index contributed by atoms with van der Waals surface area (Å²) >= 11 is 0. The van der Waals surface area contributed by atoms with Crippen molar-refractivity contribution in [3.63, 3.8) is 0 Å². The first-order valence-corrected chi connectivity index (χ1v) is 7.74. The van der Waals surface area contributed by atoms with Gasteiger partial charge in [-0.1, -0.05) is 55.5 Å². The zero-order valence-corrected chi connectivity index (χ0v) is 13.7. The quantitative estimate of drug-likeness (QED) is 0.799. The van der Waals surface area contributed by atoms with Crippen LogP contribution in [0.15, 0.2) is 60.7 Å². The fourth-order valence-corrected chi connectivity index (χ4v) is 2.57. The number of aliphatic hydroxyl groups is 1. The van der Waals surface area contributed by atoms with Crippen molar-refractivity contribution in [2.24, 2.45) is 0 Å². The Morgan fingerprint density at radius 3 is 2.12 bits per heavy atom. The Balaban J connectivity index is 2.40. The van der Waals surface area contributed by atoms with Crippen molar-refractivity contribution < 1.29 is 19.4 Å². The van der Waals surface area contributed by atoms with Gasteiger partial charge in [0.15, 0.2) is 5.60 Å². The molecule has 0 saturated heterocycles. The molecule has 2 aromatic rings. The molecule has 0 aliphatic carbocycles. The normalized spacial score (nSPS) is 14.3. The number of carbonyl (C=O) groups excluding carboxylic acids is 2. The molecule has 0 saturated carbocycles. The third kappa shape index (κ3) is 3.63. The Morgan fingerprint density at radius 1 is 1.08 bits per heavy atom. The van der Waals surface area contributed by atoms with Gasteiger partial charge < -0.3 is 15.2 Å². The van der Waals surface area contributed by atoms with E-state index in [2.05, 4.69) is 5.32 Å². The fraction of sp³-hybridized carbons (Fsp3) is 0.263. The fourth-order valence-electron chi connectivity index (χ4n) is 2.57. The first-order chi connectivity index (χ1) is 11.5. The lowest BCUT2D eigenvalue weighted by Gasteiger charge is -2.33. The first-order valence-electron chi connectivity index (χ1n) is 7.74. The van der Waals surface area contributed by atoms with Crippen LogP contribution in [0.2, 0.25) is 0 Å². The van der Waals surface area contributed by atoms with Gasteiger partial charge in [0.2, 0.25) is 0 Å². The number of hydrogen-bond acceptors (Lipinski definition) is 4. The summed E-state index contributed by atoms with van der Waals surface area (Å²) in [6.07, 6.45) is 0.0916. The summed E-state index contributed by atoms with van der Waals surface area (Å²) in [5, 5.41) is 13.7. The lowest BCUT2D eigenvalue weighted by molar-refractivity contribution is -0.166. The average molecular weight is 327 g/mol. The van der Waals surface area contributed by atoms with Gasteiger partial charge in [-0.25, -0.2) is 4.79 Å². The topological polar surface area (TPSA) is 75.6 Å². The van der Waals surface area contributed by atoms with Crippen LogP contribution in [-0.2, 0) is 9.53 Å². The highest BCUT2D eigenvalue weighted by molar-refractivity contribution is 5.95. The van der Waals surface area contributed by atoms with E-state index in [9.17, 15) is 14.7 Å². The molecule has 2 N–H and O–H groups in total. The number of ether oxygens (including phenoxy) is 1. The van der Waals surface area contributed by atoms with Crippen LogP contribution < -0.4 is 5.32 Å². The predicted octanol–water partition coefficient (Wildman–Crippen LogP) is 2.47. The van der Waals surface area contributed by atoms with Crippen LogP contribution in [0.5, 0.6) is 0 Å². The third-order valence-corrected chi connectivity index (χ3v) is 4.00. The van der Waals surface area contributed by atoms with E-state index in [0.717, 1.165) is 0 Å². The molecule has 1 amide bonds. The highest BCUT2D eigenvalue weighted by Gasteiger charge is 2.45. The maximum absolute atomic E-state index is 12.5. The highest BCUT2D eigenvalue weighted by atomic mass is 16.5. The summed E-state index contributed by atoms with van der Waals surface area (Å²) in [5.41, 5.74) is -0.793. The molecule has 2 atom stereocenters. The molecule has 5 heteroatoms. The number of nitrogens with one attached hydrogen (secondary N) is 1. The third-order valence-electron chi connectivity index (χ3n) is 4.00. The minimum absolute atomic E-state index is 0.0916. The average Bonchev–Trinajstić information content (AvgIpc) is 2.66. The molecule has 0 heterocycles. The zero-order chi connectivity index (χ0) is 17.6. The summed E-state index contributed by atoms with van der Waals surface area (Å²) in [5.74, 6) is -1.16. The van der Waals surface area contributed by atoms with E-state index >= 15 is 0 Å². The van der Waals surface area contributed by atoms with Gasteiger partial charge in [0.1, 0.15) is 0 Å². The van der Waals surface area contributed by atoms with Gasteiger partial charge in [-0.15, -0.1) is 0 Å². The van der Waals surface area contributed by atoms with Crippen molar-refractivity contribution in [2.75, 3.05) is 7.11 Å². The molecule has 126 valence electrons. The minimum Gasteiger partial charge on any atom is -0.467 e. The Hall–Kier alpha value is -2.66. The lowest BCUT2D eigenvalue weighted by atomic mass is 9.86. The monoisotopic (exact) mass is 327 g/mol. The molecule has 0 spiro atoms. The van der Waals surface area contributed by atoms with Crippen LogP contribution in [-0.4, -0.2) is 29.7 Å². The van der Waals surface area contributed by atoms with Gasteiger partial charge in [0.05, 0.1) is 13.2 Å². The van der Waals surface area contributed by atoms with Gasteiger partial charge in [0, 0.05) is 5.56 Å². The Bertz CT molecular complexity index is 687. The predicted molar refractivity (Wildman–Crippen MR) is 90.3 cm³/mol. The van der Waals surface area contributed by atoms with Gasteiger partial charge in [-0.2, -0.15) is 0 Å². The molecule has 0 aliphatic heterocycles. The van der Waals surface area contributed by atoms with Gasteiger partial charge in [-0.3, -0.25) is 4.79 Å². The van der Waals surface area contributed by atoms with Crippen molar-refractivity contribution in [1.82, 2.24) is 5.32 Å². The number of rotatable bonds is 6. The van der Waals surface area contributed by atoms with Gasteiger partial charge in [-0.05, 0) is 24.1 Å². The van der Waals surface area contributed by atoms with E-state index < -0.39 is 17.6 Å². The van der Waals surface area contributed by atoms with Crippen LogP contribution in [0.3, 0.4) is 0 Å². The van der Waals surface area contributed by atoms with E-state index in [-0.39, 0.29) is 12.3 Å². The molecular formula is C19H21NO4. The molecule has 0 radical (unpaired) electrons. The zero-order valence-electron chi connectivity index (χ0n) is 13.7. The molecule has 2 rings (SSSR count). The van der Waals surface area contributed by atoms with E-state index in [1.165, 1.54) is 7.11 Å². The van der Waals surface area contributed by atoms with Crippen LogP contribution >= 0.6 is 0 Å². The second kappa shape index (κ2) is 7.75. The van der Waals surface area contributed by atoms with E-state index in [1.54, 1.807) is 55.5 Å². The van der Waals surface area contributed by atoms with Crippen molar-refractivity contribution in [1.29, 1.82) is 0 Å². The van der Waals surface area contributed by atoms with Gasteiger partial charge >= 0.3 is 5.97 Å². The van der Waals surface area contributed by atoms with Crippen LogP contribution in [0.1, 0.15) is 35.3 Å². The Morgan fingerprint density at radius 2 is 1.62 bits per heavy atom. The second-order valence-corrected chi connectivity index (χ2v) is 5.45. The number of methoxy groups -OCH3 is 1. The number of carbonyl (C=O) groups is 2. The van der Waals surface area contributed by atoms with Crippen LogP contribution in [0.25, 0.3) is 0 Å². The summed E-state index contributed by atoms with van der Waals surface area (Å²) in [4.78, 5) is 24.7. The van der Waals surface area contributed by atoms with Gasteiger partial charge in [0.25, 0.3) is 5.91 Å². The highest BCUT2D eigenvalue weighted by Crippen LogP contribution is 2.30. The maximum atomic E-state index is 12.5. The van der Waals surface area contributed by atoms with Crippen LogP contribution in [0.4, 0.5) is 0 Å². The molecule has 0 bridgehead atoms. The standard InChI is InChI=1S/C19H21NO4/c1-3-19(23,18(22)24-2)16(14-10-6-4-7-11-14)20-17(21)15-12-8-5-9-13-15/h4-13,16,23H,3H2,1-2H3,(H,20,21)/t16-,19-/m0/s1. The Labute approximate surface area is 141 Å². The summed E-state index contributed by atoms with van der Waals surface area (Å²) in [6, 6.07) is 16.6. The van der Waals surface area contributed by atoms with Crippen molar-refractivity contribution in [2.45, 2.75) is 25.0 Å². The minimum atomic E-state index is -1.86. The van der Waals surface area contributed by atoms with Crippen molar-refractivity contribution >= 4 is 11.9 Å². The number of amides is 1. The molecule has 0 fully saturated rings. The molecule has 0 aliphatic rings. The largest absolute Gasteiger partial charge is 0.467 e. The Kier molecular flexibility index (Phi) is 5.71. The molecule has 0 aromatic heterocycles. The molecule has 24 heavy (non-hydrogen) atoms. The van der Waals surface area contributed by atoms with Crippen molar-refractivity contribution in [3.05, 3.63) is 71.8 Å². The molecular weight excluding hydrogens is 306 g/mol. The lowest BCUT2D eigenvalue weighted by Crippen LogP contribution is -2.51. The van der Waals surface area contributed by atoms with E-state index in [0.29, 0.717) is 11.1 Å². The molecule has 0 unspecified atom stereocenters. The second-order valence-electron chi connectivity index (χ2n) is 5.45. The SMILES string of the molecule is CC[C@@](O)(C(=O)OC)[C@@H](NC(=O)c1ccccc1)c1ccccc1. The number of hydrogen-bond donors (Lipinski definition) is 2. The van der Waals surface area contributed by atoms with E-state index in [4.69, 9.17) is 4.74 Å². The smallest absolute Gasteiger partial charge is 0.340 e. The molecule has 2 aromatic carbocycles. The maximum Gasteiger partial charge on any atom is 0.340 e. The van der Waals surface area contributed by atoms with Crippen LogP contribution in [0, 0.1) is 0 Å². The summed E-state index contributed by atoms with van der Waals surface area (Å²) < 4.78 is 4.76. The summed E-state index contributed by atoms with van der Waals surface area (Å²) in [6.45, 7) is 1.67. The molecule has 5 nitrogen and oxygen atoms in total.